The van der Waals surface area contributed by atoms with Crippen LogP contribution >= 0.6 is 0 Å². The standard InChI is InChI=1S/C14H15N5O2/c1-9-11(6-4-8-20)5-3-7-12(9)14(21)15-10(2)13-16-18-19-17-13/h3,5,7,10,20H,8H2,1-2H3,(H,15,21)(H,16,17,18,19). The van der Waals surface area contributed by atoms with Crippen LogP contribution in [-0.4, -0.2) is 38.2 Å². The summed E-state index contributed by atoms with van der Waals surface area (Å²) in [5, 5.41) is 25.0. The van der Waals surface area contributed by atoms with Gasteiger partial charge in [0.25, 0.3) is 5.91 Å². The van der Waals surface area contributed by atoms with Gasteiger partial charge in [-0.05, 0) is 31.5 Å². The van der Waals surface area contributed by atoms with Crippen LogP contribution in [0.25, 0.3) is 0 Å². The number of H-pyrrole nitrogens is 1. The normalized spacial score (nSPS) is 11.4. The molecule has 7 heteroatoms. The van der Waals surface area contributed by atoms with Gasteiger partial charge in [-0.25, -0.2) is 0 Å². The van der Waals surface area contributed by atoms with Crippen molar-refractivity contribution in [3.63, 3.8) is 0 Å². The molecule has 0 fully saturated rings. The van der Waals surface area contributed by atoms with Crippen LogP contribution in [0.3, 0.4) is 0 Å². The highest BCUT2D eigenvalue weighted by molar-refractivity contribution is 5.96. The molecule has 0 aliphatic heterocycles. The van der Waals surface area contributed by atoms with E-state index < -0.39 is 0 Å². The molecule has 7 nitrogen and oxygen atoms in total. The maximum Gasteiger partial charge on any atom is 0.252 e. The first kappa shape index (κ1) is 14.7. The van der Waals surface area contributed by atoms with Gasteiger partial charge in [0.2, 0.25) is 0 Å². The number of aliphatic hydroxyl groups is 1. The summed E-state index contributed by atoms with van der Waals surface area (Å²) in [7, 11) is 0. The summed E-state index contributed by atoms with van der Waals surface area (Å²) in [4.78, 5) is 12.3. The highest BCUT2D eigenvalue weighted by Crippen LogP contribution is 2.14. The maximum absolute atomic E-state index is 12.3. The Balaban J connectivity index is 2.19. The lowest BCUT2D eigenvalue weighted by Crippen LogP contribution is -2.28. The molecule has 1 atom stereocenters. The number of nitrogens with zero attached hydrogens (tertiary/aromatic N) is 3. The molecule has 2 aromatic rings. The number of carbonyl (C=O) groups excluding carboxylic acids is 1. The number of aliphatic hydroxyl groups excluding tert-OH is 1. The Hall–Kier alpha value is -2.72. The Morgan fingerprint density at radius 3 is 3.00 bits per heavy atom. The summed E-state index contributed by atoms with van der Waals surface area (Å²) in [6.07, 6.45) is 0. The van der Waals surface area contributed by atoms with Crippen molar-refractivity contribution in [3.05, 3.63) is 40.7 Å². The van der Waals surface area contributed by atoms with Crippen molar-refractivity contribution in [1.29, 1.82) is 0 Å². The largest absolute Gasteiger partial charge is 0.384 e. The highest BCUT2D eigenvalue weighted by Gasteiger charge is 2.16. The molecule has 0 bridgehead atoms. The van der Waals surface area contributed by atoms with E-state index in [1.165, 1.54) is 0 Å². The van der Waals surface area contributed by atoms with Gasteiger partial charge in [0.05, 0.1) is 6.04 Å². The van der Waals surface area contributed by atoms with Crippen molar-refractivity contribution >= 4 is 5.91 Å². The van der Waals surface area contributed by atoms with Gasteiger partial charge in [-0.1, -0.05) is 23.1 Å². The fraction of sp³-hybridized carbons (Fsp3) is 0.286. The van der Waals surface area contributed by atoms with Crippen molar-refractivity contribution in [2.75, 3.05) is 6.61 Å². The monoisotopic (exact) mass is 285 g/mol. The summed E-state index contributed by atoms with van der Waals surface area (Å²) in [6.45, 7) is 3.37. The van der Waals surface area contributed by atoms with Crippen molar-refractivity contribution in [3.8, 4) is 11.8 Å². The van der Waals surface area contributed by atoms with E-state index in [0.29, 0.717) is 17.0 Å². The first-order valence-electron chi connectivity index (χ1n) is 6.37. The molecule has 0 saturated heterocycles. The molecule has 0 spiro atoms. The minimum atomic E-state index is -0.358. The van der Waals surface area contributed by atoms with Gasteiger partial charge in [-0.15, -0.1) is 10.2 Å². The van der Waals surface area contributed by atoms with E-state index in [1.54, 1.807) is 25.1 Å². The van der Waals surface area contributed by atoms with E-state index >= 15 is 0 Å². The second-order valence-electron chi connectivity index (χ2n) is 4.40. The van der Waals surface area contributed by atoms with Crippen LogP contribution in [0.5, 0.6) is 0 Å². The molecule has 1 unspecified atom stereocenters. The molecule has 21 heavy (non-hydrogen) atoms. The topological polar surface area (TPSA) is 104 Å². The van der Waals surface area contributed by atoms with Gasteiger partial charge >= 0.3 is 0 Å². The van der Waals surface area contributed by atoms with Crippen LogP contribution in [0.4, 0.5) is 0 Å². The van der Waals surface area contributed by atoms with Crippen LogP contribution in [-0.2, 0) is 0 Å². The van der Waals surface area contributed by atoms with Gasteiger partial charge in [0, 0.05) is 11.1 Å². The number of aromatic nitrogens is 4. The summed E-state index contributed by atoms with van der Waals surface area (Å²) in [5.74, 6) is 5.57. The van der Waals surface area contributed by atoms with Crippen molar-refractivity contribution in [2.45, 2.75) is 19.9 Å². The highest BCUT2D eigenvalue weighted by atomic mass is 16.2. The molecule has 108 valence electrons. The van der Waals surface area contributed by atoms with Crippen molar-refractivity contribution < 1.29 is 9.90 Å². The Morgan fingerprint density at radius 1 is 1.52 bits per heavy atom. The first-order chi connectivity index (χ1) is 10.1. The molecule has 1 aromatic carbocycles. The molecule has 0 aliphatic carbocycles. The van der Waals surface area contributed by atoms with E-state index in [2.05, 4.69) is 37.8 Å². The number of amides is 1. The lowest BCUT2D eigenvalue weighted by molar-refractivity contribution is 0.0937. The van der Waals surface area contributed by atoms with Crippen molar-refractivity contribution in [1.82, 2.24) is 25.9 Å². The minimum absolute atomic E-state index is 0.218. The zero-order valence-electron chi connectivity index (χ0n) is 11.7. The molecule has 3 N–H and O–H groups in total. The average Bonchev–Trinajstić information content (AvgIpc) is 3.00. The zero-order valence-corrected chi connectivity index (χ0v) is 11.7. The number of tetrazole rings is 1. The molecular weight excluding hydrogens is 270 g/mol. The molecule has 1 aromatic heterocycles. The van der Waals surface area contributed by atoms with Crippen LogP contribution in [0.15, 0.2) is 18.2 Å². The van der Waals surface area contributed by atoms with Crippen LogP contribution in [0, 0.1) is 18.8 Å². The Labute approximate surface area is 121 Å². The number of rotatable bonds is 3. The zero-order chi connectivity index (χ0) is 15.2. The Morgan fingerprint density at radius 2 is 2.33 bits per heavy atom. The molecule has 0 radical (unpaired) electrons. The second kappa shape index (κ2) is 6.63. The van der Waals surface area contributed by atoms with Crippen molar-refractivity contribution in [2.24, 2.45) is 0 Å². The lowest BCUT2D eigenvalue weighted by atomic mass is 10.0. The smallest absolute Gasteiger partial charge is 0.252 e. The Bertz CT molecular complexity index is 685. The van der Waals surface area contributed by atoms with Gasteiger partial charge in [0.15, 0.2) is 5.82 Å². The maximum atomic E-state index is 12.3. The molecular formula is C14H15N5O2. The average molecular weight is 285 g/mol. The third kappa shape index (κ3) is 3.43. The second-order valence-corrected chi connectivity index (χ2v) is 4.40. The lowest BCUT2D eigenvalue weighted by Gasteiger charge is -2.12. The quantitative estimate of drug-likeness (QED) is 0.706. The summed E-state index contributed by atoms with van der Waals surface area (Å²) in [6, 6.07) is 4.92. The predicted octanol–water partition coefficient (Wildman–Crippen LogP) is 0.343. The number of aromatic amines is 1. The van der Waals surface area contributed by atoms with Crippen LogP contribution in [0.2, 0.25) is 0 Å². The number of hydrogen-bond donors (Lipinski definition) is 3. The van der Waals surface area contributed by atoms with Gasteiger partial charge in [-0.2, -0.15) is 5.21 Å². The predicted molar refractivity (Wildman–Crippen MR) is 75.2 cm³/mol. The SMILES string of the molecule is Cc1c(C#CCO)cccc1C(=O)NC(C)c1nn[nH]n1. The third-order valence-corrected chi connectivity index (χ3v) is 2.98. The summed E-state index contributed by atoms with van der Waals surface area (Å²) >= 11 is 0. The van der Waals surface area contributed by atoms with E-state index in [1.807, 2.05) is 6.92 Å². The number of benzene rings is 1. The van der Waals surface area contributed by atoms with E-state index in [0.717, 1.165) is 5.56 Å². The number of nitrogens with one attached hydrogen (secondary N) is 2. The van der Waals surface area contributed by atoms with Crippen LogP contribution in [0.1, 0.15) is 40.3 Å². The molecule has 1 heterocycles. The third-order valence-electron chi connectivity index (χ3n) is 2.98. The molecule has 1 amide bonds. The van der Waals surface area contributed by atoms with Crippen LogP contribution < -0.4 is 5.32 Å². The summed E-state index contributed by atoms with van der Waals surface area (Å²) < 4.78 is 0. The first-order valence-corrected chi connectivity index (χ1v) is 6.37. The fourth-order valence-electron chi connectivity index (χ4n) is 1.84. The fourth-order valence-corrected chi connectivity index (χ4v) is 1.84. The number of hydrogen-bond acceptors (Lipinski definition) is 5. The van der Waals surface area contributed by atoms with E-state index in [-0.39, 0.29) is 18.6 Å². The molecule has 2 rings (SSSR count). The van der Waals surface area contributed by atoms with Gasteiger partial charge in [-0.3, -0.25) is 4.79 Å². The van der Waals surface area contributed by atoms with E-state index in [9.17, 15) is 4.79 Å². The van der Waals surface area contributed by atoms with Gasteiger partial charge < -0.3 is 10.4 Å². The minimum Gasteiger partial charge on any atom is -0.384 e. The van der Waals surface area contributed by atoms with Gasteiger partial charge in [0.1, 0.15) is 6.61 Å². The van der Waals surface area contributed by atoms with E-state index in [4.69, 9.17) is 5.11 Å². The number of carbonyl (C=O) groups is 1. The summed E-state index contributed by atoms with van der Waals surface area (Å²) in [5.41, 5.74) is 2.00. The molecule has 0 saturated carbocycles. The molecule has 0 aliphatic rings. The Kier molecular flexibility index (Phi) is 4.64.